The lowest BCUT2D eigenvalue weighted by Gasteiger charge is -2.13. The molecular formula is C20H19ClN2O2S. The first kappa shape index (κ1) is 18.5. The van der Waals surface area contributed by atoms with E-state index in [4.69, 9.17) is 16.3 Å². The molecule has 0 aliphatic carbocycles. The number of methoxy groups -OCH3 is 1. The Bertz CT molecular complexity index is 849. The molecule has 0 aromatic heterocycles. The van der Waals surface area contributed by atoms with Gasteiger partial charge in [0.15, 0.2) is 5.17 Å². The largest absolute Gasteiger partial charge is 0.497 e. The number of carbonyl (C=O) groups excluding carboxylic acids is 1. The van der Waals surface area contributed by atoms with Crippen LogP contribution >= 0.6 is 23.4 Å². The number of halogens is 1. The van der Waals surface area contributed by atoms with Gasteiger partial charge in [-0.05, 0) is 48.0 Å². The Labute approximate surface area is 162 Å². The zero-order valence-electron chi connectivity index (χ0n) is 14.6. The third kappa shape index (κ3) is 4.68. The summed E-state index contributed by atoms with van der Waals surface area (Å²) in [5.74, 6) is 0.673. The number of benzene rings is 2. The number of hydrogen-bond acceptors (Lipinski definition) is 4. The molecule has 0 saturated carbocycles. The van der Waals surface area contributed by atoms with Crippen LogP contribution in [0.1, 0.15) is 12.5 Å². The van der Waals surface area contributed by atoms with Crippen molar-refractivity contribution in [3.8, 4) is 5.75 Å². The Morgan fingerprint density at radius 2 is 2.08 bits per heavy atom. The van der Waals surface area contributed by atoms with E-state index in [1.165, 1.54) is 0 Å². The fraction of sp³-hybridized carbons (Fsp3) is 0.200. The first-order chi connectivity index (χ1) is 12.5. The summed E-state index contributed by atoms with van der Waals surface area (Å²) in [4.78, 5) is 19.0. The molecule has 6 heteroatoms. The van der Waals surface area contributed by atoms with Crippen LogP contribution in [0.5, 0.6) is 5.75 Å². The van der Waals surface area contributed by atoms with Crippen LogP contribution in [0.4, 0.5) is 5.69 Å². The van der Waals surface area contributed by atoms with E-state index < -0.39 is 0 Å². The number of aliphatic imine (C=N–C) groups is 1. The average Bonchev–Trinajstić information content (AvgIpc) is 3.02. The van der Waals surface area contributed by atoms with E-state index in [2.05, 4.69) is 11.9 Å². The van der Waals surface area contributed by atoms with Gasteiger partial charge >= 0.3 is 0 Å². The second-order valence-electron chi connectivity index (χ2n) is 5.86. The summed E-state index contributed by atoms with van der Waals surface area (Å²) in [5, 5.41) is 1.67. The summed E-state index contributed by atoms with van der Waals surface area (Å²) in [7, 11) is 1.62. The molecule has 1 amide bonds. The van der Waals surface area contributed by atoms with Gasteiger partial charge in [0.05, 0.1) is 12.8 Å². The molecule has 0 unspecified atom stereocenters. The predicted molar refractivity (Wildman–Crippen MR) is 109 cm³/mol. The fourth-order valence-corrected chi connectivity index (χ4v) is 3.68. The molecule has 0 radical (unpaired) electrons. The Morgan fingerprint density at radius 1 is 1.31 bits per heavy atom. The van der Waals surface area contributed by atoms with Crippen molar-refractivity contribution in [2.45, 2.75) is 12.2 Å². The molecule has 2 aromatic rings. The van der Waals surface area contributed by atoms with Crippen molar-refractivity contribution in [1.82, 2.24) is 4.90 Å². The molecular weight excluding hydrogens is 368 g/mol. The van der Waals surface area contributed by atoms with Crippen molar-refractivity contribution in [1.29, 1.82) is 0 Å². The highest BCUT2D eigenvalue weighted by Gasteiger charge is 2.29. The van der Waals surface area contributed by atoms with E-state index in [-0.39, 0.29) is 5.91 Å². The maximum Gasteiger partial charge on any atom is 0.252 e. The summed E-state index contributed by atoms with van der Waals surface area (Å²) >= 11 is 7.51. The van der Waals surface area contributed by atoms with E-state index >= 15 is 0 Å². The van der Waals surface area contributed by atoms with Gasteiger partial charge in [-0.3, -0.25) is 9.69 Å². The van der Waals surface area contributed by atoms with Crippen LogP contribution in [0, 0.1) is 0 Å². The van der Waals surface area contributed by atoms with E-state index in [0.717, 1.165) is 17.0 Å². The van der Waals surface area contributed by atoms with Crippen molar-refractivity contribution >= 4 is 46.2 Å². The number of hydrogen-bond donors (Lipinski definition) is 0. The molecule has 0 N–H and O–H groups in total. The molecule has 1 saturated heterocycles. The van der Waals surface area contributed by atoms with Crippen molar-refractivity contribution in [3.05, 3.63) is 65.2 Å². The summed E-state index contributed by atoms with van der Waals surface area (Å²) in [6.07, 6.45) is 3.36. The average molecular weight is 387 g/mol. The topological polar surface area (TPSA) is 41.9 Å². The van der Waals surface area contributed by atoms with Gasteiger partial charge in [-0.1, -0.05) is 42.4 Å². The Kier molecular flexibility index (Phi) is 6.01. The fourth-order valence-electron chi connectivity index (χ4n) is 2.52. The van der Waals surface area contributed by atoms with Gasteiger partial charge in [0.2, 0.25) is 0 Å². The number of carbonyl (C=O) groups is 1. The van der Waals surface area contributed by atoms with Crippen LogP contribution in [-0.2, 0) is 4.79 Å². The van der Waals surface area contributed by atoms with E-state index in [9.17, 15) is 4.79 Å². The summed E-state index contributed by atoms with van der Waals surface area (Å²) < 4.78 is 5.21. The molecule has 26 heavy (non-hydrogen) atoms. The predicted octanol–water partition coefficient (Wildman–Crippen LogP) is 5.01. The molecule has 1 aliphatic heterocycles. The van der Waals surface area contributed by atoms with E-state index in [0.29, 0.717) is 22.0 Å². The van der Waals surface area contributed by atoms with Gasteiger partial charge in [-0.15, -0.1) is 0 Å². The maximum absolute atomic E-state index is 12.7. The maximum atomic E-state index is 12.7. The smallest absolute Gasteiger partial charge is 0.252 e. The van der Waals surface area contributed by atoms with Gasteiger partial charge in [0, 0.05) is 22.9 Å². The minimum absolute atomic E-state index is 0.0858. The van der Waals surface area contributed by atoms with Crippen molar-refractivity contribution in [2.75, 3.05) is 13.7 Å². The van der Waals surface area contributed by atoms with Gasteiger partial charge in [-0.25, -0.2) is 4.99 Å². The first-order valence-electron chi connectivity index (χ1n) is 8.19. The Balaban J connectivity index is 1.77. The second-order valence-corrected chi connectivity index (χ2v) is 7.70. The van der Waals surface area contributed by atoms with Crippen LogP contribution in [-0.4, -0.2) is 34.9 Å². The third-order valence-corrected chi connectivity index (χ3v) is 5.13. The van der Waals surface area contributed by atoms with Crippen LogP contribution in [0.3, 0.4) is 0 Å². The molecule has 0 spiro atoms. The Morgan fingerprint density at radius 3 is 2.81 bits per heavy atom. The van der Waals surface area contributed by atoms with Crippen LogP contribution in [0.2, 0.25) is 5.02 Å². The minimum atomic E-state index is -0.0858. The summed E-state index contributed by atoms with van der Waals surface area (Å²) in [6, 6.07) is 14.8. The van der Waals surface area contributed by atoms with Crippen LogP contribution < -0.4 is 4.74 Å². The van der Waals surface area contributed by atoms with Gasteiger partial charge in [0.1, 0.15) is 5.75 Å². The van der Waals surface area contributed by atoms with Gasteiger partial charge in [0.25, 0.3) is 5.91 Å². The quantitative estimate of drug-likeness (QED) is 0.693. The number of amides is 1. The zero-order chi connectivity index (χ0) is 18.5. The zero-order valence-corrected chi connectivity index (χ0v) is 16.1. The molecule has 1 fully saturated rings. The van der Waals surface area contributed by atoms with Gasteiger partial charge < -0.3 is 4.74 Å². The Hall–Kier alpha value is -2.24. The van der Waals surface area contributed by atoms with E-state index in [1.54, 1.807) is 48.1 Å². The molecule has 1 atom stereocenters. The van der Waals surface area contributed by atoms with Crippen LogP contribution in [0.15, 0.2) is 59.6 Å². The molecule has 134 valence electrons. The number of nitrogens with zero attached hydrogens (tertiary/aromatic N) is 2. The van der Waals surface area contributed by atoms with Crippen molar-refractivity contribution in [3.63, 3.8) is 0 Å². The lowest BCUT2D eigenvalue weighted by atomic mass is 10.2. The summed E-state index contributed by atoms with van der Waals surface area (Å²) in [5.41, 5.74) is 1.69. The highest BCUT2D eigenvalue weighted by atomic mass is 35.5. The summed E-state index contributed by atoms with van der Waals surface area (Å²) in [6.45, 7) is 2.72. The monoisotopic (exact) mass is 386 g/mol. The number of ether oxygens (including phenoxy) is 1. The van der Waals surface area contributed by atoms with Crippen molar-refractivity contribution < 1.29 is 9.53 Å². The molecule has 1 heterocycles. The molecule has 3 rings (SSSR count). The first-order valence-corrected chi connectivity index (χ1v) is 9.45. The lowest BCUT2D eigenvalue weighted by Crippen LogP contribution is -2.30. The molecule has 4 nitrogen and oxygen atoms in total. The standard InChI is InChI=1S/C20H19ClN2O2S/c1-14-13-23(20(26-14)22-17-9-7-16(21)8-10-17)19(24)11-6-15-4-3-5-18(12-15)25-2/h3-12,14H,13H2,1-2H3/b11-6+,22-20?/t14-/m1/s1. The number of thioether (sulfide) groups is 1. The second kappa shape index (κ2) is 8.43. The normalized spacial score (nSPS) is 18.7. The number of amidine groups is 1. The third-order valence-electron chi connectivity index (χ3n) is 3.81. The lowest BCUT2D eigenvalue weighted by molar-refractivity contribution is -0.122. The number of rotatable bonds is 4. The van der Waals surface area contributed by atoms with E-state index in [1.807, 2.05) is 36.4 Å². The van der Waals surface area contributed by atoms with Gasteiger partial charge in [-0.2, -0.15) is 0 Å². The molecule has 2 aromatic carbocycles. The molecule has 1 aliphatic rings. The molecule has 0 bridgehead atoms. The van der Waals surface area contributed by atoms with Crippen LogP contribution in [0.25, 0.3) is 6.08 Å². The van der Waals surface area contributed by atoms with Crippen molar-refractivity contribution in [2.24, 2.45) is 4.99 Å². The highest BCUT2D eigenvalue weighted by molar-refractivity contribution is 8.14. The highest BCUT2D eigenvalue weighted by Crippen LogP contribution is 2.29. The minimum Gasteiger partial charge on any atom is -0.497 e. The SMILES string of the molecule is COc1cccc(/C=C/C(=O)N2C[C@@H](C)SC2=Nc2ccc(Cl)cc2)c1.